The molecular weight excluding hydrogens is 212 g/mol. The normalized spacial score (nSPS) is 46.0. The van der Waals surface area contributed by atoms with Crippen molar-refractivity contribution in [2.45, 2.75) is 65.1 Å². The molecule has 0 heterocycles. The van der Waals surface area contributed by atoms with Gasteiger partial charge in [0.1, 0.15) is 0 Å². The van der Waals surface area contributed by atoms with Crippen molar-refractivity contribution in [1.82, 2.24) is 0 Å². The molecule has 0 spiro atoms. The SMILES string of the molecule is CC(C)=CC[C@@H](O)[C@@]1(C)[C@@H]2CC[C@H](C2)[C@@]1(C)O. The van der Waals surface area contributed by atoms with Gasteiger partial charge in [0.05, 0.1) is 11.7 Å². The van der Waals surface area contributed by atoms with Gasteiger partial charge in [-0.3, -0.25) is 0 Å². The Morgan fingerprint density at radius 2 is 1.88 bits per heavy atom. The maximum absolute atomic E-state index is 10.8. The van der Waals surface area contributed by atoms with Gasteiger partial charge < -0.3 is 10.2 Å². The van der Waals surface area contributed by atoms with E-state index in [-0.39, 0.29) is 5.41 Å². The molecule has 2 aliphatic rings. The lowest BCUT2D eigenvalue weighted by Crippen LogP contribution is -2.55. The standard InChI is InChI=1S/C15H26O2/c1-10(2)5-8-13(16)14(3)11-6-7-12(9-11)15(14,4)17/h5,11-13,16-17H,6-9H2,1-4H3/t11-,12-,13-,14-,15-/m1/s1. The highest BCUT2D eigenvalue weighted by Gasteiger charge is 2.64. The number of allylic oxidation sites excluding steroid dienone is 1. The van der Waals surface area contributed by atoms with E-state index in [1.165, 1.54) is 12.0 Å². The third kappa shape index (κ3) is 1.77. The van der Waals surface area contributed by atoms with Crippen molar-refractivity contribution in [2.24, 2.45) is 17.3 Å². The molecule has 2 fully saturated rings. The minimum Gasteiger partial charge on any atom is -0.392 e. The fourth-order valence-corrected chi connectivity index (χ4v) is 4.09. The van der Waals surface area contributed by atoms with Crippen LogP contribution in [0, 0.1) is 17.3 Å². The van der Waals surface area contributed by atoms with Crippen LogP contribution in [0.25, 0.3) is 0 Å². The summed E-state index contributed by atoms with van der Waals surface area (Å²) in [5.41, 5.74) is 0.197. The van der Waals surface area contributed by atoms with E-state index in [1.807, 2.05) is 20.8 Å². The summed E-state index contributed by atoms with van der Waals surface area (Å²) in [6.45, 7) is 8.12. The lowest BCUT2D eigenvalue weighted by molar-refractivity contribution is -0.154. The second kappa shape index (κ2) is 4.10. The molecule has 2 aliphatic carbocycles. The Hall–Kier alpha value is -0.340. The third-order valence-electron chi connectivity index (χ3n) is 5.61. The zero-order valence-corrected chi connectivity index (χ0v) is 11.5. The van der Waals surface area contributed by atoms with Gasteiger partial charge >= 0.3 is 0 Å². The van der Waals surface area contributed by atoms with Gasteiger partial charge in [0, 0.05) is 5.41 Å². The van der Waals surface area contributed by atoms with Crippen molar-refractivity contribution in [1.29, 1.82) is 0 Å². The molecule has 2 bridgehead atoms. The summed E-state index contributed by atoms with van der Waals surface area (Å²) >= 11 is 0. The molecule has 98 valence electrons. The molecule has 5 atom stereocenters. The summed E-state index contributed by atoms with van der Waals surface area (Å²) in [6.07, 6.45) is 5.71. The Bertz CT molecular complexity index is 328. The Kier molecular flexibility index (Phi) is 3.16. The first-order valence-electron chi connectivity index (χ1n) is 6.84. The molecule has 0 saturated heterocycles. The maximum atomic E-state index is 10.8. The van der Waals surface area contributed by atoms with Gasteiger partial charge in [-0.2, -0.15) is 0 Å². The number of aliphatic hydroxyl groups excluding tert-OH is 1. The summed E-state index contributed by atoms with van der Waals surface area (Å²) in [4.78, 5) is 0. The third-order valence-corrected chi connectivity index (χ3v) is 5.61. The summed E-state index contributed by atoms with van der Waals surface area (Å²) in [5, 5.41) is 21.3. The van der Waals surface area contributed by atoms with Crippen molar-refractivity contribution in [3.63, 3.8) is 0 Å². The first-order chi connectivity index (χ1) is 7.80. The van der Waals surface area contributed by atoms with Crippen LogP contribution in [0.4, 0.5) is 0 Å². The van der Waals surface area contributed by atoms with Gasteiger partial charge in [-0.15, -0.1) is 0 Å². The van der Waals surface area contributed by atoms with Crippen molar-refractivity contribution in [3.8, 4) is 0 Å². The van der Waals surface area contributed by atoms with Crippen molar-refractivity contribution < 1.29 is 10.2 Å². The Morgan fingerprint density at radius 1 is 1.29 bits per heavy atom. The average Bonchev–Trinajstić information content (AvgIpc) is 2.78. The lowest BCUT2D eigenvalue weighted by Gasteiger charge is -2.49. The predicted molar refractivity (Wildman–Crippen MR) is 69.6 cm³/mol. The zero-order chi connectivity index (χ0) is 12.8. The van der Waals surface area contributed by atoms with E-state index >= 15 is 0 Å². The molecular formula is C15H26O2. The Balaban J connectivity index is 2.20. The van der Waals surface area contributed by atoms with E-state index < -0.39 is 11.7 Å². The quantitative estimate of drug-likeness (QED) is 0.742. The molecule has 0 amide bonds. The number of hydrogen-bond donors (Lipinski definition) is 2. The van der Waals surface area contributed by atoms with E-state index in [9.17, 15) is 10.2 Å². The lowest BCUT2D eigenvalue weighted by atomic mass is 9.61. The van der Waals surface area contributed by atoms with E-state index in [1.54, 1.807) is 0 Å². The Labute approximate surface area is 105 Å². The Morgan fingerprint density at radius 3 is 2.35 bits per heavy atom. The zero-order valence-electron chi connectivity index (χ0n) is 11.5. The molecule has 0 aliphatic heterocycles. The molecule has 2 heteroatoms. The molecule has 2 N–H and O–H groups in total. The van der Waals surface area contributed by atoms with Crippen LogP contribution in [0.3, 0.4) is 0 Å². The van der Waals surface area contributed by atoms with Gasteiger partial charge in [0.2, 0.25) is 0 Å². The highest BCUT2D eigenvalue weighted by molar-refractivity contribution is 5.15. The molecule has 0 aromatic carbocycles. The minimum absolute atomic E-state index is 0.331. The van der Waals surface area contributed by atoms with Crippen LogP contribution in [0.1, 0.15) is 53.4 Å². The number of fused-ring (bicyclic) bond motifs is 2. The van der Waals surface area contributed by atoms with Gasteiger partial charge in [0.15, 0.2) is 0 Å². The van der Waals surface area contributed by atoms with Gasteiger partial charge in [-0.25, -0.2) is 0 Å². The van der Waals surface area contributed by atoms with E-state index in [0.29, 0.717) is 18.3 Å². The minimum atomic E-state index is -0.704. The molecule has 0 aromatic rings. The monoisotopic (exact) mass is 238 g/mol. The predicted octanol–water partition coefficient (Wildman–Crippen LogP) is 2.89. The number of hydrogen-bond acceptors (Lipinski definition) is 2. The molecule has 2 nitrogen and oxygen atoms in total. The van der Waals surface area contributed by atoms with Crippen molar-refractivity contribution in [2.75, 3.05) is 0 Å². The fourth-order valence-electron chi connectivity index (χ4n) is 4.09. The first-order valence-corrected chi connectivity index (χ1v) is 6.84. The molecule has 2 saturated carbocycles. The van der Waals surface area contributed by atoms with Crippen LogP contribution in [0.5, 0.6) is 0 Å². The summed E-state index contributed by atoms with van der Waals surface area (Å²) < 4.78 is 0. The molecule has 0 aromatic heterocycles. The molecule has 0 radical (unpaired) electrons. The highest BCUT2D eigenvalue weighted by atomic mass is 16.3. The average molecular weight is 238 g/mol. The van der Waals surface area contributed by atoms with E-state index in [0.717, 1.165) is 12.8 Å². The van der Waals surface area contributed by atoms with E-state index in [2.05, 4.69) is 13.0 Å². The van der Waals surface area contributed by atoms with Crippen LogP contribution < -0.4 is 0 Å². The van der Waals surface area contributed by atoms with Crippen LogP contribution in [-0.2, 0) is 0 Å². The summed E-state index contributed by atoms with van der Waals surface area (Å²) in [6, 6.07) is 0. The summed E-state index contributed by atoms with van der Waals surface area (Å²) in [7, 11) is 0. The second-order valence-electron chi connectivity index (χ2n) is 6.67. The van der Waals surface area contributed by atoms with Crippen molar-refractivity contribution in [3.05, 3.63) is 11.6 Å². The van der Waals surface area contributed by atoms with Crippen LogP contribution in [0.2, 0.25) is 0 Å². The van der Waals surface area contributed by atoms with Gasteiger partial charge in [-0.05, 0) is 58.3 Å². The molecule has 17 heavy (non-hydrogen) atoms. The van der Waals surface area contributed by atoms with E-state index in [4.69, 9.17) is 0 Å². The van der Waals surface area contributed by atoms with Crippen LogP contribution in [-0.4, -0.2) is 21.9 Å². The van der Waals surface area contributed by atoms with Crippen LogP contribution in [0.15, 0.2) is 11.6 Å². The van der Waals surface area contributed by atoms with Gasteiger partial charge in [0.25, 0.3) is 0 Å². The second-order valence-corrected chi connectivity index (χ2v) is 6.67. The van der Waals surface area contributed by atoms with Crippen molar-refractivity contribution >= 4 is 0 Å². The number of rotatable bonds is 3. The molecule has 0 unspecified atom stereocenters. The van der Waals surface area contributed by atoms with Crippen LogP contribution >= 0.6 is 0 Å². The first kappa shape index (κ1) is 13.1. The largest absolute Gasteiger partial charge is 0.392 e. The van der Waals surface area contributed by atoms with Gasteiger partial charge in [-0.1, -0.05) is 18.6 Å². The number of aliphatic hydroxyl groups is 2. The summed E-state index contributed by atoms with van der Waals surface area (Å²) in [5.74, 6) is 0.877. The molecule has 2 rings (SSSR count). The smallest absolute Gasteiger partial charge is 0.0728 e. The fraction of sp³-hybridized carbons (Fsp3) is 0.867. The highest BCUT2D eigenvalue weighted by Crippen LogP contribution is 2.63. The maximum Gasteiger partial charge on any atom is 0.0728 e. The topological polar surface area (TPSA) is 40.5 Å².